The van der Waals surface area contributed by atoms with Crippen LogP contribution >= 0.6 is 11.3 Å². The van der Waals surface area contributed by atoms with Crippen LogP contribution in [0.1, 0.15) is 67.9 Å². The third kappa shape index (κ3) is 4.34. The molecule has 0 unspecified atom stereocenters. The second-order valence-electron chi connectivity index (χ2n) is 7.54. The number of thiophene rings is 1. The lowest BCUT2D eigenvalue weighted by atomic mass is 9.82. The number of hydrogen-bond acceptors (Lipinski definition) is 4. The molecule has 1 N–H and O–H groups in total. The van der Waals surface area contributed by atoms with E-state index < -0.39 is 5.97 Å². The molecule has 5 heteroatoms. The van der Waals surface area contributed by atoms with E-state index in [4.69, 9.17) is 4.74 Å². The number of methoxy groups -OCH3 is 1. The number of esters is 1. The van der Waals surface area contributed by atoms with Crippen LogP contribution in [-0.4, -0.2) is 19.0 Å². The predicted octanol–water partition coefficient (Wildman–Crippen LogP) is 4.60. The van der Waals surface area contributed by atoms with E-state index in [-0.39, 0.29) is 17.2 Å². The summed E-state index contributed by atoms with van der Waals surface area (Å²) in [6, 6.07) is 1.92. The summed E-state index contributed by atoms with van der Waals surface area (Å²) in [4.78, 5) is 26.1. The molecular weight excluding hydrogens is 310 g/mol. The van der Waals surface area contributed by atoms with Gasteiger partial charge in [0.25, 0.3) is 0 Å². The van der Waals surface area contributed by atoms with Crippen LogP contribution in [0.2, 0.25) is 0 Å². The minimum Gasteiger partial charge on any atom is -0.465 e. The maximum absolute atomic E-state index is 12.5. The Kier molecular flexibility index (Phi) is 5.50. The van der Waals surface area contributed by atoms with Gasteiger partial charge in [0.15, 0.2) is 0 Å². The molecule has 1 amide bonds. The number of ether oxygens (including phenoxy) is 1. The standard InChI is InChI=1S/C18H27NO3S/c1-11-6-8-12(9-7-11)16(20)19-13-10-14(18(2,3)4)23-15(13)17(21)22-5/h10-12H,6-9H2,1-5H3,(H,19,20)/t11-,12-. The van der Waals surface area contributed by atoms with E-state index in [1.165, 1.54) is 18.4 Å². The van der Waals surface area contributed by atoms with E-state index in [1.807, 2.05) is 6.07 Å². The Morgan fingerprint density at radius 2 is 1.83 bits per heavy atom. The molecule has 0 spiro atoms. The molecule has 0 bridgehead atoms. The Morgan fingerprint density at radius 1 is 1.22 bits per heavy atom. The van der Waals surface area contributed by atoms with Gasteiger partial charge in [0.2, 0.25) is 5.91 Å². The summed E-state index contributed by atoms with van der Waals surface area (Å²) < 4.78 is 4.86. The molecule has 0 radical (unpaired) electrons. The van der Waals surface area contributed by atoms with Crippen LogP contribution in [0.25, 0.3) is 0 Å². The molecule has 2 rings (SSSR count). The summed E-state index contributed by atoms with van der Waals surface area (Å²) in [5, 5.41) is 2.97. The summed E-state index contributed by atoms with van der Waals surface area (Å²) >= 11 is 1.40. The molecule has 0 saturated heterocycles. The van der Waals surface area contributed by atoms with Crippen LogP contribution in [0.5, 0.6) is 0 Å². The minimum atomic E-state index is -0.391. The van der Waals surface area contributed by atoms with E-state index in [0.717, 1.165) is 30.6 Å². The van der Waals surface area contributed by atoms with Crippen molar-refractivity contribution in [2.75, 3.05) is 12.4 Å². The van der Waals surface area contributed by atoms with Gasteiger partial charge in [0.1, 0.15) is 4.88 Å². The van der Waals surface area contributed by atoms with Crippen LogP contribution < -0.4 is 5.32 Å². The van der Waals surface area contributed by atoms with E-state index in [0.29, 0.717) is 16.5 Å². The van der Waals surface area contributed by atoms with Gasteiger partial charge in [-0.1, -0.05) is 27.7 Å². The van der Waals surface area contributed by atoms with E-state index in [9.17, 15) is 9.59 Å². The molecule has 1 saturated carbocycles. The van der Waals surface area contributed by atoms with Crippen molar-refractivity contribution >= 4 is 28.9 Å². The quantitative estimate of drug-likeness (QED) is 0.820. The smallest absolute Gasteiger partial charge is 0.350 e. The molecule has 1 aromatic rings. The van der Waals surface area contributed by atoms with Gasteiger partial charge in [-0.05, 0) is 43.1 Å². The Hall–Kier alpha value is -1.36. The molecular formula is C18H27NO3S. The highest BCUT2D eigenvalue weighted by atomic mass is 32.1. The van der Waals surface area contributed by atoms with Crippen molar-refractivity contribution in [3.63, 3.8) is 0 Å². The summed E-state index contributed by atoms with van der Waals surface area (Å²) in [7, 11) is 1.37. The monoisotopic (exact) mass is 337 g/mol. The Bertz CT molecular complexity index is 578. The number of hydrogen-bond donors (Lipinski definition) is 1. The molecule has 4 nitrogen and oxygen atoms in total. The number of nitrogens with one attached hydrogen (secondary N) is 1. The van der Waals surface area contributed by atoms with Gasteiger partial charge in [0.05, 0.1) is 12.8 Å². The minimum absolute atomic E-state index is 0.0281. The molecule has 0 aromatic carbocycles. The van der Waals surface area contributed by atoms with E-state index in [2.05, 4.69) is 33.0 Å². The van der Waals surface area contributed by atoms with Crippen molar-refractivity contribution in [3.05, 3.63) is 15.8 Å². The summed E-state index contributed by atoms with van der Waals surface area (Å²) in [6.07, 6.45) is 4.05. The van der Waals surface area contributed by atoms with Crippen LogP contribution in [0.3, 0.4) is 0 Å². The predicted molar refractivity (Wildman–Crippen MR) is 94.1 cm³/mol. The second-order valence-corrected chi connectivity index (χ2v) is 8.59. The molecule has 0 aliphatic heterocycles. The summed E-state index contributed by atoms with van der Waals surface area (Å²) in [5.74, 6) is 0.395. The Balaban J connectivity index is 2.19. The fourth-order valence-electron chi connectivity index (χ4n) is 2.85. The first-order valence-corrected chi connectivity index (χ1v) is 9.07. The number of rotatable bonds is 3. The van der Waals surface area contributed by atoms with Gasteiger partial charge in [-0.15, -0.1) is 11.3 Å². The Labute approximate surface area is 142 Å². The normalized spacial score (nSPS) is 21.8. The highest BCUT2D eigenvalue weighted by Crippen LogP contribution is 2.37. The maximum Gasteiger partial charge on any atom is 0.350 e. The zero-order valence-corrected chi connectivity index (χ0v) is 15.5. The average molecular weight is 337 g/mol. The molecule has 1 aliphatic rings. The van der Waals surface area contributed by atoms with Crippen LogP contribution in [0.4, 0.5) is 5.69 Å². The zero-order chi connectivity index (χ0) is 17.2. The highest BCUT2D eigenvalue weighted by molar-refractivity contribution is 7.14. The van der Waals surface area contributed by atoms with E-state index in [1.54, 1.807) is 0 Å². The second kappa shape index (κ2) is 7.04. The highest BCUT2D eigenvalue weighted by Gasteiger charge is 2.28. The van der Waals surface area contributed by atoms with Crippen LogP contribution in [0.15, 0.2) is 6.07 Å². The first-order chi connectivity index (χ1) is 10.7. The lowest BCUT2D eigenvalue weighted by Gasteiger charge is -2.25. The van der Waals surface area contributed by atoms with Crippen molar-refractivity contribution in [2.45, 2.75) is 58.8 Å². The maximum atomic E-state index is 12.5. The third-order valence-corrected chi connectivity index (χ3v) is 6.03. The van der Waals surface area contributed by atoms with Crippen LogP contribution in [-0.2, 0) is 14.9 Å². The van der Waals surface area contributed by atoms with Crippen molar-refractivity contribution in [2.24, 2.45) is 11.8 Å². The lowest BCUT2D eigenvalue weighted by molar-refractivity contribution is -0.121. The van der Waals surface area contributed by atoms with Crippen molar-refractivity contribution in [1.82, 2.24) is 0 Å². The van der Waals surface area contributed by atoms with Crippen molar-refractivity contribution < 1.29 is 14.3 Å². The van der Waals surface area contributed by atoms with Gasteiger partial charge in [-0.2, -0.15) is 0 Å². The third-order valence-electron chi connectivity index (χ3n) is 4.49. The van der Waals surface area contributed by atoms with Gasteiger partial charge in [0, 0.05) is 10.8 Å². The van der Waals surface area contributed by atoms with Gasteiger partial charge < -0.3 is 10.1 Å². The SMILES string of the molecule is COC(=O)c1sc(C(C)(C)C)cc1NC(=O)[C@H]1CC[C@H](C)CC1. The fourth-order valence-corrected chi connectivity index (χ4v) is 3.94. The molecule has 0 atom stereocenters. The number of carbonyl (C=O) groups is 2. The molecule has 1 fully saturated rings. The zero-order valence-electron chi connectivity index (χ0n) is 14.7. The molecule has 1 heterocycles. The molecule has 23 heavy (non-hydrogen) atoms. The number of anilines is 1. The first-order valence-electron chi connectivity index (χ1n) is 8.26. The summed E-state index contributed by atoms with van der Waals surface area (Å²) in [5.41, 5.74) is 0.520. The molecule has 1 aromatic heterocycles. The number of amides is 1. The van der Waals surface area contributed by atoms with E-state index >= 15 is 0 Å². The first kappa shape index (κ1) is 18.0. The molecule has 128 valence electrons. The fraction of sp³-hybridized carbons (Fsp3) is 0.667. The summed E-state index contributed by atoms with van der Waals surface area (Å²) in [6.45, 7) is 8.51. The van der Waals surface area contributed by atoms with Gasteiger partial charge in [-0.3, -0.25) is 4.79 Å². The largest absolute Gasteiger partial charge is 0.465 e. The van der Waals surface area contributed by atoms with Gasteiger partial charge in [-0.25, -0.2) is 4.79 Å². The average Bonchev–Trinajstić information content (AvgIpc) is 2.91. The molecule has 1 aliphatic carbocycles. The van der Waals surface area contributed by atoms with Crippen molar-refractivity contribution in [3.8, 4) is 0 Å². The number of carbonyl (C=O) groups excluding carboxylic acids is 2. The van der Waals surface area contributed by atoms with Gasteiger partial charge >= 0.3 is 5.97 Å². The van der Waals surface area contributed by atoms with Crippen molar-refractivity contribution in [1.29, 1.82) is 0 Å². The Morgan fingerprint density at radius 3 is 2.35 bits per heavy atom. The topological polar surface area (TPSA) is 55.4 Å². The van der Waals surface area contributed by atoms with Crippen LogP contribution in [0, 0.1) is 11.8 Å². The lowest BCUT2D eigenvalue weighted by Crippen LogP contribution is -2.27.